The lowest BCUT2D eigenvalue weighted by atomic mass is 10.0. The average Bonchev–Trinajstić information content (AvgIpc) is 3.29. The zero-order valence-corrected chi connectivity index (χ0v) is 14.0. The van der Waals surface area contributed by atoms with E-state index in [9.17, 15) is 4.79 Å². The van der Waals surface area contributed by atoms with E-state index in [2.05, 4.69) is 39.0 Å². The van der Waals surface area contributed by atoms with Crippen LogP contribution in [-0.2, 0) is 16.1 Å². The first-order valence-electron chi connectivity index (χ1n) is 8.34. The Morgan fingerprint density at radius 1 is 1.33 bits per heavy atom. The third-order valence-electron chi connectivity index (χ3n) is 4.47. The molecule has 24 heavy (non-hydrogen) atoms. The molecule has 1 fully saturated rings. The van der Waals surface area contributed by atoms with Gasteiger partial charge in [-0.1, -0.05) is 24.3 Å². The maximum atomic E-state index is 11.2. The quantitative estimate of drug-likeness (QED) is 0.605. The van der Waals surface area contributed by atoms with Crippen molar-refractivity contribution in [3.05, 3.63) is 59.9 Å². The number of benzene rings is 1. The number of carbonyl (C=O) groups is 1. The van der Waals surface area contributed by atoms with Crippen LogP contribution in [0.2, 0.25) is 0 Å². The van der Waals surface area contributed by atoms with Gasteiger partial charge in [0.15, 0.2) is 0 Å². The second kappa shape index (κ2) is 7.93. The zero-order chi connectivity index (χ0) is 16.8. The molecule has 0 N–H and O–H groups in total. The van der Waals surface area contributed by atoms with Gasteiger partial charge in [0.2, 0.25) is 0 Å². The lowest BCUT2D eigenvalue weighted by Crippen LogP contribution is -2.27. The largest absolute Gasteiger partial charge is 0.466 e. The summed E-state index contributed by atoms with van der Waals surface area (Å²) in [4.78, 5) is 13.7. The molecule has 3 rings (SSSR count). The summed E-state index contributed by atoms with van der Waals surface area (Å²) in [6.07, 6.45) is 9.47. The highest BCUT2D eigenvalue weighted by molar-refractivity contribution is 5.86. The number of methoxy groups -OCH3 is 1. The van der Waals surface area contributed by atoms with Gasteiger partial charge in [0.1, 0.15) is 0 Å². The SMILES string of the molecule is COC(=O)C=Cc1ccc([C@@H]2CCCN2CCn2cccn2)cc1. The first kappa shape index (κ1) is 16.5. The minimum absolute atomic E-state index is 0.334. The first-order valence-corrected chi connectivity index (χ1v) is 8.34. The monoisotopic (exact) mass is 325 g/mol. The van der Waals surface area contributed by atoms with Crippen LogP contribution in [0.3, 0.4) is 0 Å². The molecule has 1 aromatic carbocycles. The smallest absolute Gasteiger partial charge is 0.330 e. The molecule has 1 saturated heterocycles. The highest BCUT2D eigenvalue weighted by atomic mass is 16.5. The highest BCUT2D eigenvalue weighted by Crippen LogP contribution is 2.31. The van der Waals surface area contributed by atoms with Crippen molar-refractivity contribution in [2.45, 2.75) is 25.4 Å². The molecule has 0 unspecified atom stereocenters. The van der Waals surface area contributed by atoms with Crippen LogP contribution < -0.4 is 0 Å². The van der Waals surface area contributed by atoms with E-state index in [-0.39, 0.29) is 5.97 Å². The zero-order valence-electron chi connectivity index (χ0n) is 14.0. The molecule has 2 heterocycles. The Balaban J connectivity index is 1.62. The predicted octanol–water partition coefficient (Wildman–Crippen LogP) is 2.91. The van der Waals surface area contributed by atoms with E-state index in [4.69, 9.17) is 0 Å². The number of esters is 1. The van der Waals surface area contributed by atoms with Crippen LogP contribution in [0.25, 0.3) is 6.08 Å². The van der Waals surface area contributed by atoms with Gasteiger partial charge in [0.25, 0.3) is 0 Å². The van der Waals surface area contributed by atoms with Crippen LogP contribution in [0, 0.1) is 0 Å². The van der Waals surface area contributed by atoms with Gasteiger partial charge in [0, 0.05) is 31.1 Å². The Kier molecular flexibility index (Phi) is 5.43. The van der Waals surface area contributed by atoms with Crippen LogP contribution in [0.4, 0.5) is 0 Å². The standard InChI is InChI=1S/C19H23N3O2/c1-24-19(23)10-7-16-5-8-17(9-6-16)18-4-2-12-21(18)14-15-22-13-3-11-20-22/h3,5-11,13,18H,2,4,12,14-15H2,1H3/t18-/m0/s1. The number of carbonyl (C=O) groups excluding carboxylic acids is 1. The Morgan fingerprint density at radius 2 is 2.17 bits per heavy atom. The molecule has 1 aliphatic rings. The summed E-state index contributed by atoms with van der Waals surface area (Å²) in [6.45, 7) is 3.07. The molecule has 0 radical (unpaired) electrons. The number of hydrogen-bond donors (Lipinski definition) is 0. The molecule has 0 amide bonds. The van der Waals surface area contributed by atoms with Gasteiger partial charge in [-0.05, 0) is 42.7 Å². The van der Waals surface area contributed by atoms with Crippen molar-refractivity contribution < 1.29 is 9.53 Å². The molecule has 0 aliphatic carbocycles. The average molecular weight is 325 g/mol. The molecule has 0 bridgehead atoms. The fourth-order valence-electron chi connectivity index (χ4n) is 3.20. The molecule has 0 saturated carbocycles. The molecule has 126 valence electrons. The summed E-state index contributed by atoms with van der Waals surface area (Å²) in [7, 11) is 1.38. The summed E-state index contributed by atoms with van der Waals surface area (Å²) in [5.41, 5.74) is 2.34. The van der Waals surface area contributed by atoms with Gasteiger partial charge in [-0.15, -0.1) is 0 Å². The van der Waals surface area contributed by atoms with Gasteiger partial charge < -0.3 is 4.74 Å². The van der Waals surface area contributed by atoms with Gasteiger partial charge in [-0.2, -0.15) is 5.10 Å². The minimum Gasteiger partial charge on any atom is -0.466 e. The van der Waals surface area contributed by atoms with Crippen molar-refractivity contribution in [3.8, 4) is 0 Å². The van der Waals surface area contributed by atoms with Crippen LogP contribution in [0.15, 0.2) is 48.8 Å². The third kappa shape index (κ3) is 4.11. The molecular weight excluding hydrogens is 302 g/mol. The summed E-state index contributed by atoms with van der Waals surface area (Å²) in [6, 6.07) is 10.9. The number of ether oxygens (including phenoxy) is 1. The van der Waals surface area contributed by atoms with E-state index in [0.29, 0.717) is 6.04 Å². The first-order chi connectivity index (χ1) is 11.8. The van der Waals surface area contributed by atoms with E-state index in [1.165, 1.54) is 31.6 Å². The van der Waals surface area contributed by atoms with Gasteiger partial charge >= 0.3 is 5.97 Å². The van der Waals surface area contributed by atoms with Crippen LogP contribution in [-0.4, -0.2) is 40.8 Å². The highest BCUT2D eigenvalue weighted by Gasteiger charge is 2.25. The van der Waals surface area contributed by atoms with Crippen molar-refractivity contribution in [2.75, 3.05) is 20.2 Å². The van der Waals surface area contributed by atoms with E-state index in [1.54, 1.807) is 6.08 Å². The van der Waals surface area contributed by atoms with E-state index in [1.807, 2.05) is 23.1 Å². The number of hydrogen-bond acceptors (Lipinski definition) is 4. The molecule has 2 aromatic rings. The van der Waals surface area contributed by atoms with Crippen molar-refractivity contribution in [1.82, 2.24) is 14.7 Å². The van der Waals surface area contributed by atoms with E-state index in [0.717, 1.165) is 25.2 Å². The maximum Gasteiger partial charge on any atom is 0.330 e. The Labute approximate surface area is 142 Å². The molecular formula is C19H23N3O2. The topological polar surface area (TPSA) is 47.4 Å². The Hall–Kier alpha value is -2.40. The molecule has 1 atom stereocenters. The van der Waals surface area contributed by atoms with Crippen LogP contribution in [0.5, 0.6) is 0 Å². The third-order valence-corrected chi connectivity index (χ3v) is 4.47. The fourth-order valence-corrected chi connectivity index (χ4v) is 3.20. The van der Waals surface area contributed by atoms with Crippen molar-refractivity contribution in [1.29, 1.82) is 0 Å². The van der Waals surface area contributed by atoms with Gasteiger partial charge in [0.05, 0.1) is 13.7 Å². The normalized spacial score (nSPS) is 18.3. The lowest BCUT2D eigenvalue weighted by Gasteiger charge is -2.24. The number of nitrogens with zero attached hydrogens (tertiary/aromatic N) is 3. The summed E-state index contributed by atoms with van der Waals surface area (Å²) < 4.78 is 6.59. The molecule has 5 heteroatoms. The summed E-state index contributed by atoms with van der Waals surface area (Å²) in [5, 5.41) is 4.27. The van der Waals surface area contributed by atoms with Crippen molar-refractivity contribution >= 4 is 12.0 Å². The van der Waals surface area contributed by atoms with Gasteiger partial charge in [-0.25, -0.2) is 4.79 Å². The second-order valence-electron chi connectivity index (χ2n) is 5.99. The summed E-state index contributed by atoms with van der Waals surface area (Å²) >= 11 is 0. The van der Waals surface area contributed by atoms with Crippen molar-refractivity contribution in [3.63, 3.8) is 0 Å². The summed E-state index contributed by atoms with van der Waals surface area (Å²) in [5.74, 6) is -0.334. The molecule has 1 aromatic heterocycles. The van der Waals surface area contributed by atoms with Crippen molar-refractivity contribution in [2.24, 2.45) is 0 Å². The lowest BCUT2D eigenvalue weighted by molar-refractivity contribution is -0.134. The Morgan fingerprint density at radius 3 is 2.88 bits per heavy atom. The number of likely N-dealkylation sites (tertiary alicyclic amines) is 1. The van der Waals surface area contributed by atoms with E-state index >= 15 is 0 Å². The minimum atomic E-state index is -0.334. The molecule has 1 aliphatic heterocycles. The van der Waals surface area contributed by atoms with Crippen LogP contribution in [0.1, 0.15) is 30.0 Å². The van der Waals surface area contributed by atoms with E-state index < -0.39 is 0 Å². The maximum absolute atomic E-state index is 11.2. The Bertz CT molecular complexity index is 677. The number of rotatable bonds is 6. The predicted molar refractivity (Wildman–Crippen MR) is 93.3 cm³/mol. The molecule has 5 nitrogen and oxygen atoms in total. The number of aromatic nitrogens is 2. The second-order valence-corrected chi connectivity index (χ2v) is 5.99. The molecule has 0 spiro atoms. The fraction of sp³-hybridized carbons (Fsp3) is 0.368. The van der Waals surface area contributed by atoms with Gasteiger partial charge in [-0.3, -0.25) is 9.58 Å². The van der Waals surface area contributed by atoms with Crippen LogP contribution >= 0.6 is 0 Å².